The fourth-order valence-electron chi connectivity index (χ4n) is 2.84. The van der Waals surface area contributed by atoms with E-state index in [1.165, 1.54) is 23.1 Å². The third kappa shape index (κ3) is 6.16. The van der Waals surface area contributed by atoms with Crippen molar-refractivity contribution < 1.29 is 14.1 Å². The molecule has 0 spiro atoms. The highest BCUT2D eigenvalue weighted by atomic mass is 19.1. The molecular formula is C20H27FN6O3. The lowest BCUT2D eigenvalue weighted by Gasteiger charge is -2.19. The summed E-state index contributed by atoms with van der Waals surface area (Å²) < 4.78 is 21.4. The summed E-state index contributed by atoms with van der Waals surface area (Å²) in [5, 5.41) is 21.1. The molecule has 0 radical (unpaired) electrons. The predicted octanol–water partition coefficient (Wildman–Crippen LogP) is 3.04. The third-order valence-electron chi connectivity index (χ3n) is 4.75. The fraction of sp³-hybridized carbons (Fsp3) is 0.500. The average molecular weight is 418 g/mol. The summed E-state index contributed by atoms with van der Waals surface area (Å²) in [6, 6.07) is 4.81. The summed E-state index contributed by atoms with van der Waals surface area (Å²) in [7, 11) is 0. The normalized spacial score (nSPS) is 15.0. The van der Waals surface area contributed by atoms with Gasteiger partial charge in [-0.3, -0.25) is 19.8 Å². The van der Waals surface area contributed by atoms with E-state index in [9.17, 15) is 14.5 Å². The van der Waals surface area contributed by atoms with Gasteiger partial charge in [0.15, 0.2) is 17.5 Å². The van der Waals surface area contributed by atoms with Crippen LogP contribution in [0.15, 0.2) is 35.6 Å². The van der Waals surface area contributed by atoms with Gasteiger partial charge in [-0.25, -0.2) is 4.39 Å². The maximum absolute atomic E-state index is 14.4. The Bertz CT molecular complexity index is 896. The van der Waals surface area contributed by atoms with Crippen molar-refractivity contribution in [3.63, 3.8) is 0 Å². The maximum Gasteiger partial charge on any atom is 0.306 e. The summed E-state index contributed by atoms with van der Waals surface area (Å²) in [6.07, 6.45) is 4.89. The number of aliphatic imine (C=N–C) groups is 1. The van der Waals surface area contributed by atoms with E-state index in [4.69, 9.17) is 4.74 Å². The van der Waals surface area contributed by atoms with Crippen LogP contribution in [0.2, 0.25) is 0 Å². The van der Waals surface area contributed by atoms with E-state index in [2.05, 4.69) is 20.7 Å². The van der Waals surface area contributed by atoms with Crippen LogP contribution in [0, 0.1) is 21.8 Å². The number of hydrogen-bond acceptors (Lipinski definition) is 5. The highest BCUT2D eigenvalue weighted by Crippen LogP contribution is 2.30. The number of guanidine groups is 1. The first-order valence-electron chi connectivity index (χ1n) is 10.1. The lowest BCUT2D eigenvalue weighted by molar-refractivity contribution is -0.385. The van der Waals surface area contributed by atoms with Crippen molar-refractivity contribution in [2.24, 2.45) is 10.9 Å². The highest BCUT2D eigenvalue weighted by Gasteiger charge is 2.22. The summed E-state index contributed by atoms with van der Waals surface area (Å²) in [5.74, 6) is 1.05. The minimum Gasteiger partial charge on any atom is -0.490 e. The van der Waals surface area contributed by atoms with Crippen molar-refractivity contribution >= 4 is 11.6 Å². The minimum atomic E-state index is -0.485. The Morgan fingerprint density at radius 2 is 2.30 bits per heavy atom. The van der Waals surface area contributed by atoms with Crippen LogP contribution < -0.4 is 15.4 Å². The van der Waals surface area contributed by atoms with Crippen LogP contribution in [-0.4, -0.2) is 40.4 Å². The number of nitrogens with zero attached hydrogens (tertiary/aromatic N) is 4. The van der Waals surface area contributed by atoms with E-state index >= 15 is 0 Å². The van der Waals surface area contributed by atoms with Crippen molar-refractivity contribution in [1.82, 2.24) is 20.4 Å². The monoisotopic (exact) mass is 418 g/mol. The number of benzene rings is 1. The van der Waals surface area contributed by atoms with Crippen LogP contribution in [0.3, 0.4) is 0 Å². The second-order valence-corrected chi connectivity index (χ2v) is 7.29. The van der Waals surface area contributed by atoms with Crippen molar-refractivity contribution in [2.75, 3.05) is 19.7 Å². The first kappa shape index (κ1) is 21.5. The lowest BCUT2D eigenvalue weighted by atomic mass is 10.1. The van der Waals surface area contributed by atoms with E-state index < -0.39 is 4.92 Å². The van der Waals surface area contributed by atoms with Gasteiger partial charge in [-0.05, 0) is 50.3 Å². The molecule has 1 aliphatic carbocycles. The number of nitrogens with one attached hydrogen (secondary N) is 2. The van der Waals surface area contributed by atoms with Crippen LogP contribution in [0.1, 0.15) is 38.3 Å². The Hall–Kier alpha value is -3.17. The van der Waals surface area contributed by atoms with Crippen molar-refractivity contribution in [3.05, 3.63) is 52.1 Å². The van der Waals surface area contributed by atoms with Gasteiger partial charge < -0.3 is 15.4 Å². The van der Waals surface area contributed by atoms with E-state index in [0.717, 1.165) is 18.4 Å². The zero-order chi connectivity index (χ0) is 21.5. The Balaban J connectivity index is 1.56. The molecule has 0 bridgehead atoms. The molecule has 1 aliphatic rings. The SMILES string of the molecule is CCNC(=NCCn1cc([N+](=O)[O-])cn1)NC(C)c1ccc(OCC2CC2)c(F)c1. The number of aromatic nitrogens is 2. The molecular weight excluding hydrogens is 391 g/mol. The summed E-state index contributed by atoms with van der Waals surface area (Å²) in [6.45, 7) is 5.88. The predicted molar refractivity (Wildman–Crippen MR) is 111 cm³/mol. The molecule has 2 N–H and O–H groups in total. The Morgan fingerprint density at radius 1 is 1.50 bits per heavy atom. The second-order valence-electron chi connectivity index (χ2n) is 7.29. The Kier molecular flexibility index (Phi) is 7.21. The first-order valence-corrected chi connectivity index (χ1v) is 10.1. The minimum absolute atomic E-state index is 0.0517. The van der Waals surface area contributed by atoms with E-state index in [1.54, 1.807) is 6.07 Å². The van der Waals surface area contributed by atoms with Gasteiger partial charge in [0.2, 0.25) is 0 Å². The smallest absolute Gasteiger partial charge is 0.306 e. The van der Waals surface area contributed by atoms with Crippen LogP contribution in [0.4, 0.5) is 10.1 Å². The Labute approximate surface area is 174 Å². The zero-order valence-corrected chi connectivity index (χ0v) is 17.2. The molecule has 1 unspecified atom stereocenters. The van der Waals surface area contributed by atoms with Gasteiger partial charge in [-0.15, -0.1) is 0 Å². The van der Waals surface area contributed by atoms with Gasteiger partial charge in [-0.2, -0.15) is 5.10 Å². The molecule has 30 heavy (non-hydrogen) atoms. The van der Waals surface area contributed by atoms with Gasteiger partial charge in [0, 0.05) is 6.54 Å². The summed E-state index contributed by atoms with van der Waals surface area (Å²) >= 11 is 0. The quantitative estimate of drug-likeness (QED) is 0.266. The van der Waals surface area contributed by atoms with Crippen molar-refractivity contribution in [3.8, 4) is 5.75 Å². The topological polar surface area (TPSA) is 107 Å². The number of nitro groups is 1. The molecule has 1 aromatic heterocycles. The first-order chi connectivity index (χ1) is 14.5. The van der Waals surface area contributed by atoms with Gasteiger partial charge >= 0.3 is 5.69 Å². The molecule has 1 saturated carbocycles. The number of rotatable bonds is 10. The molecule has 162 valence electrons. The van der Waals surface area contributed by atoms with Gasteiger partial charge in [-0.1, -0.05) is 6.07 Å². The number of ether oxygens (including phenoxy) is 1. The molecule has 9 nitrogen and oxygen atoms in total. The van der Waals surface area contributed by atoms with E-state index in [1.807, 2.05) is 19.9 Å². The largest absolute Gasteiger partial charge is 0.490 e. The average Bonchev–Trinajstić information content (AvgIpc) is 3.42. The second kappa shape index (κ2) is 10.0. The molecule has 1 fully saturated rings. The Morgan fingerprint density at radius 3 is 2.93 bits per heavy atom. The van der Waals surface area contributed by atoms with Crippen LogP contribution in [0.5, 0.6) is 5.75 Å². The molecule has 0 saturated heterocycles. The zero-order valence-electron chi connectivity index (χ0n) is 17.2. The number of hydrogen-bond donors (Lipinski definition) is 2. The fourth-order valence-corrected chi connectivity index (χ4v) is 2.84. The highest BCUT2D eigenvalue weighted by molar-refractivity contribution is 5.80. The number of halogens is 1. The van der Waals surface area contributed by atoms with Gasteiger partial charge in [0.25, 0.3) is 0 Å². The van der Waals surface area contributed by atoms with Crippen LogP contribution >= 0.6 is 0 Å². The summed E-state index contributed by atoms with van der Waals surface area (Å²) in [4.78, 5) is 14.7. The van der Waals surface area contributed by atoms with Crippen molar-refractivity contribution in [1.29, 1.82) is 0 Å². The standard InChI is InChI=1S/C20H27FN6O3/c1-3-22-20(23-8-9-26-12-17(11-24-26)27(28)29)25-14(2)16-6-7-19(18(21)10-16)30-13-15-4-5-15/h6-7,10-12,14-15H,3-5,8-9,13H2,1-2H3,(H2,22,23,25). The molecule has 10 heteroatoms. The third-order valence-corrected chi connectivity index (χ3v) is 4.75. The molecule has 1 aromatic carbocycles. The van der Waals surface area contributed by atoms with Gasteiger partial charge in [0.1, 0.15) is 12.4 Å². The van der Waals surface area contributed by atoms with Crippen LogP contribution in [0.25, 0.3) is 0 Å². The molecule has 3 rings (SSSR count). The van der Waals surface area contributed by atoms with Crippen LogP contribution in [-0.2, 0) is 6.54 Å². The molecule has 0 aliphatic heterocycles. The van der Waals surface area contributed by atoms with Gasteiger partial charge in [0.05, 0.1) is 30.7 Å². The van der Waals surface area contributed by atoms with E-state index in [0.29, 0.717) is 38.1 Å². The lowest BCUT2D eigenvalue weighted by Crippen LogP contribution is -2.39. The molecule has 1 heterocycles. The van der Waals surface area contributed by atoms with E-state index in [-0.39, 0.29) is 23.3 Å². The molecule has 2 aromatic rings. The van der Waals surface area contributed by atoms with Crippen molar-refractivity contribution in [2.45, 2.75) is 39.3 Å². The summed E-state index contributed by atoms with van der Waals surface area (Å²) in [5.41, 5.74) is 0.726. The molecule has 0 amide bonds. The molecule has 1 atom stereocenters. The maximum atomic E-state index is 14.4.